The van der Waals surface area contributed by atoms with E-state index in [0.29, 0.717) is 6.04 Å². The zero-order chi connectivity index (χ0) is 10.6. The molecule has 1 N–H and O–H groups in total. The number of rotatable bonds is 5. The van der Waals surface area contributed by atoms with Crippen LogP contribution in [0.1, 0.15) is 43.7 Å². The first kappa shape index (κ1) is 11.2. The van der Waals surface area contributed by atoms with Crippen molar-refractivity contribution >= 4 is 0 Å². The summed E-state index contributed by atoms with van der Waals surface area (Å²) in [4.78, 5) is 0. The normalized spacial score (nSPS) is 13.1. The van der Waals surface area contributed by atoms with Crippen LogP contribution in [-0.4, -0.2) is 11.2 Å². The van der Waals surface area contributed by atoms with Gasteiger partial charge in [0.05, 0.1) is 5.69 Å². The fraction of sp³-hybridized carbons (Fsp3) is 0.727. The minimum absolute atomic E-state index is 0.564. The smallest absolute Gasteiger partial charge is 0.138 e. The van der Waals surface area contributed by atoms with Gasteiger partial charge in [0, 0.05) is 18.2 Å². The number of aryl methyl sites for hydroxylation is 2. The highest BCUT2D eigenvalue weighted by atomic mass is 16.5. The second-order valence-electron chi connectivity index (χ2n) is 3.87. The highest BCUT2D eigenvalue weighted by Crippen LogP contribution is 2.12. The molecule has 0 aliphatic rings. The van der Waals surface area contributed by atoms with Crippen LogP contribution < -0.4 is 5.32 Å². The van der Waals surface area contributed by atoms with E-state index < -0.39 is 0 Å². The molecule has 14 heavy (non-hydrogen) atoms. The van der Waals surface area contributed by atoms with Crippen LogP contribution in [-0.2, 0) is 6.54 Å². The van der Waals surface area contributed by atoms with Crippen molar-refractivity contribution in [1.82, 2.24) is 10.5 Å². The van der Waals surface area contributed by atoms with Crippen LogP contribution >= 0.6 is 0 Å². The maximum absolute atomic E-state index is 5.10. The average molecular weight is 196 g/mol. The van der Waals surface area contributed by atoms with Gasteiger partial charge in [-0.05, 0) is 27.2 Å². The second-order valence-corrected chi connectivity index (χ2v) is 3.87. The third-order valence-corrected chi connectivity index (χ3v) is 2.53. The molecule has 1 rings (SSSR count). The molecule has 0 saturated carbocycles. The summed E-state index contributed by atoms with van der Waals surface area (Å²) in [6.07, 6.45) is 2.43. The first-order valence-electron chi connectivity index (χ1n) is 5.30. The largest absolute Gasteiger partial charge is 0.361 e. The van der Waals surface area contributed by atoms with Gasteiger partial charge >= 0.3 is 0 Å². The van der Waals surface area contributed by atoms with E-state index in [-0.39, 0.29) is 0 Å². The molecular weight excluding hydrogens is 176 g/mol. The summed E-state index contributed by atoms with van der Waals surface area (Å²) in [6, 6.07) is 0.564. The molecule has 0 radical (unpaired) electrons. The van der Waals surface area contributed by atoms with Gasteiger partial charge in [0.1, 0.15) is 5.76 Å². The molecule has 0 unspecified atom stereocenters. The quantitative estimate of drug-likeness (QED) is 0.786. The van der Waals surface area contributed by atoms with Gasteiger partial charge in [-0.2, -0.15) is 0 Å². The lowest BCUT2D eigenvalue weighted by atomic mass is 10.1. The summed E-state index contributed by atoms with van der Waals surface area (Å²) in [6.45, 7) is 9.22. The van der Waals surface area contributed by atoms with Gasteiger partial charge in [-0.15, -0.1) is 0 Å². The van der Waals surface area contributed by atoms with E-state index in [4.69, 9.17) is 4.52 Å². The zero-order valence-corrected chi connectivity index (χ0v) is 9.55. The van der Waals surface area contributed by atoms with Crippen molar-refractivity contribution < 1.29 is 4.52 Å². The minimum atomic E-state index is 0.564. The molecule has 1 aromatic rings. The lowest BCUT2D eigenvalue weighted by Gasteiger charge is -2.11. The molecule has 0 fully saturated rings. The van der Waals surface area contributed by atoms with E-state index in [9.17, 15) is 0 Å². The van der Waals surface area contributed by atoms with Gasteiger partial charge in [0.15, 0.2) is 0 Å². The summed E-state index contributed by atoms with van der Waals surface area (Å²) in [5, 5.41) is 7.39. The Kier molecular flexibility index (Phi) is 4.14. The maximum atomic E-state index is 5.10. The number of hydrogen-bond donors (Lipinski definition) is 1. The van der Waals surface area contributed by atoms with Gasteiger partial charge in [-0.1, -0.05) is 18.5 Å². The predicted molar refractivity (Wildman–Crippen MR) is 57.2 cm³/mol. The Bertz CT molecular complexity index is 261. The van der Waals surface area contributed by atoms with E-state index in [1.807, 2.05) is 13.8 Å². The van der Waals surface area contributed by atoms with Gasteiger partial charge in [-0.25, -0.2) is 0 Å². The maximum Gasteiger partial charge on any atom is 0.138 e. The molecule has 0 aliphatic carbocycles. The summed E-state index contributed by atoms with van der Waals surface area (Å²) in [7, 11) is 0. The van der Waals surface area contributed by atoms with Crippen molar-refractivity contribution in [3.8, 4) is 0 Å². The fourth-order valence-corrected chi connectivity index (χ4v) is 1.57. The Morgan fingerprint density at radius 3 is 2.64 bits per heavy atom. The van der Waals surface area contributed by atoms with Crippen molar-refractivity contribution in [1.29, 1.82) is 0 Å². The summed E-state index contributed by atoms with van der Waals surface area (Å²) in [5.74, 6) is 0.929. The van der Waals surface area contributed by atoms with Crippen molar-refractivity contribution in [2.75, 3.05) is 0 Å². The molecule has 1 heterocycles. The second kappa shape index (κ2) is 5.15. The van der Waals surface area contributed by atoms with Crippen LogP contribution in [0, 0.1) is 13.8 Å². The number of nitrogens with one attached hydrogen (secondary N) is 1. The van der Waals surface area contributed by atoms with Crippen LogP contribution in [0.5, 0.6) is 0 Å². The SMILES string of the molecule is CCC[C@@H](C)NCc1c(C)noc1C. The molecule has 0 spiro atoms. The Labute approximate surface area is 85.9 Å². The summed E-state index contributed by atoms with van der Waals surface area (Å²) >= 11 is 0. The van der Waals surface area contributed by atoms with E-state index in [2.05, 4.69) is 24.3 Å². The number of hydrogen-bond acceptors (Lipinski definition) is 3. The first-order valence-corrected chi connectivity index (χ1v) is 5.30. The molecule has 0 aromatic carbocycles. The van der Waals surface area contributed by atoms with E-state index >= 15 is 0 Å². The monoisotopic (exact) mass is 196 g/mol. The minimum Gasteiger partial charge on any atom is -0.361 e. The lowest BCUT2D eigenvalue weighted by Crippen LogP contribution is -2.25. The highest BCUT2D eigenvalue weighted by molar-refractivity contribution is 5.20. The van der Waals surface area contributed by atoms with Gasteiger partial charge in [0.25, 0.3) is 0 Å². The molecule has 0 amide bonds. The van der Waals surface area contributed by atoms with Gasteiger partial charge < -0.3 is 9.84 Å². The molecule has 0 saturated heterocycles. The van der Waals surface area contributed by atoms with Crippen LogP contribution in [0.2, 0.25) is 0 Å². The van der Waals surface area contributed by atoms with Crippen LogP contribution in [0.4, 0.5) is 0 Å². The van der Waals surface area contributed by atoms with Gasteiger partial charge in [-0.3, -0.25) is 0 Å². The van der Waals surface area contributed by atoms with Crippen molar-refractivity contribution in [3.05, 3.63) is 17.0 Å². The van der Waals surface area contributed by atoms with Crippen molar-refractivity contribution in [2.24, 2.45) is 0 Å². The molecule has 3 nitrogen and oxygen atoms in total. The highest BCUT2D eigenvalue weighted by Gasteiger charge is 2.09. The molecule has 80 valence electrons. The fourth-order valence-electron chi connectivity index (χ4n) is 1.57. The molecule has 0 bridgehead atoms. The standard InChI is InChI=1S/C11H20N2O/c1-5-6-8(2)12-7-11-9(3)13-14-10(11)4/h8,12H,5-7H2,1-4H3/t8-/m1/s1. The number of aromatic nitrogens is 1. The van der Waals surface area contributed by atoms with Crippen molar-refractivity contribution in [2.45, 2.75) is 53.1 Å². The van der Waals surface area contributed by atoms with Crippen LogP contribution in [0.15, 0.2) is 4.52 Å². The number of nitrogens with zero attached hydrogens (tertiary/aromatic N) is 1. The van der Waals surface area contributed by atoms with Crippen molar-refractivity contribution in [3.63, 3.8) is 0 Å². The van der Waals surface area contributed by atoms with Crippen LogP contribution in [0.3, 0.4) is 0 Å². The van der Waals surface area contributed by atoms with E-state index in [1.54, 1.807) is 0 Å². The molecule has 0 aliphatic heterocycles. The van der Waals surface area contributed by atoms with Gasteiger partial charge in [0.2, 0.25) is 0 Å². The topological polar surface area (TPSA) is 38.1 Å². The van der Waals surface area contributed by atoms with E-state index in [1.165, 1.54) is 18.4 Å². The Morgan fingerprint density at radius 2 is 2.14 bits per heavy atom. The molecular formula is C11H20N2O. The van der Waals surface area contributed by atoms with E-state index in [0.717, 1.165) is 18.0 Å². The Morgan fingerprint density at radius 1 is 1.43 bits per heavy atom. The average Bonchev–Trinajstić information content (AvgIpc) is 2.44. The van der Waals surface area contributed by atoms with Crippen LogP contribution in [0.25, 0.3) is 0 Å². The predicted octanol–water partition coefficient (Wildman–Crippen LogP) is 2.57. The Hall–Kier alpha value is -0.830. The third-order valence-electron chi connectivity index (χ3n) is 2.53. The molecule has 1 atom stereocenters. The Balaban J connectivity index is 2.45. The first-order chi connectivity index (χ1) is 6.65. The summed E-state index contributed by atoms with van der Waals surface area (Å²) in [5.41, 5.74) is 2.20. The lowest BCUT2D eigenvalue weighted by molar-refractivity contribution is 0.391. The third kappa shape index (κ3) is 2.84. The summed E-state index contributed by atoms with van der Waals surface area (Å²) < 4.78 is 5.10. The zero-order valence-electron chi connectivity index (χ0n) is 9.55. The molecule has 3 heteroatoms. The molecule has 1 aromatic heterocycles.